The maximum absolute atomic E-state index is 11.8. The van der Waals surface area contributed by atoms with E-state index in [2.05, 4.69) is 11.2 Å². The highest BCUT2D eigenvalue weighted by molar-refractivity contribution is 5.74. The van der Waals surface area contributed by atoms with E-state index in [1.54, 1.807) is 7.11 Å². The summed E-state index contributed by atoms with van der Waals surface area (Å²) in [5.74, 6) is 2.84. The lowest BCUT2D eigenvalue weighted by Crippen LogP contribution is -2.47. The van der Waals surface area contributed by atoms with Gasteiger partial charge in [-0.15, -0.1) is 6.42 Å². The smallest absolute Gasteiger partial charge is 0.317 e. The molecule has 1 fully saturated rings. The molecule has 1 aliphatic rings. The summed E-state index contributed by atoms with van der Waals surface area (Å²) in [4.78, 5) is 13.7. The molecule has 0 aliphatic carbocycles. The quantitative estimate of drug-likeness (QED) is 0.561. The Hall–Kier alpha value is -1.25. The topological polar surface area (TPSA) is 50.8 Å². The third-order valence-corrected chi connectivity index (χ3v) is 2.93. The van der Waals surface area contributed by atoms with Crippen LogP contribution in [0.5, 0.6) is 0 Å². The third-order valence-electron chi connectivity index (χ3n) is 2.93. The molecule has 1 N–H and O–H groups in total. The maximum atomic E-state index is 11.8. The average molecular weight is 254 g/mol. The fraction of sp³-hybridized carbons (Fsp3) is 0.769. The molecule has 1 saturated heterocycles. The van der Waals surface area contributed by atoms with Crippen molar-refractivity contribution in [3.63, 3.8) is 0 Å². The predicted molar refractivity (Wildman–Crippen MR) is 69.2 cm³/mol. The number of terminal acetylenes is 1. The van der Waals surface area contributed by atoms with Crippen molar-refractivity contribution >= 4 is 6.03 Å². The van der Waals surface area contributed by atoms with E-state index in [0.717, 1.165) is 25.9 Å². The number of ether oxygens (including phenoxy) is 2. The lowest BCUT2D eigenvalue weighted by Gasteiger charge is -2.32. The van der Waals surface area contributed by atoms with Gasteiger partial charge in [0.05, 0.1) is 13.2 Å². The highest BCUT2D eigenvalue weighted by Crippen LogP contribution is 2.16. The molecule has 0 bridgehead atoms. The Balaban J connectivity index is 2.25. The van der Waals surface area contributed by atoms with Gasteiger partial charge >= 0.3 is 6.03 Å². The number of amides is 2. The van der Waals surface area contributed by atoms with Gasteiger partial charge in [-0.3, -0.25) is 0 Å². The van der Waals surface area contributed by atoms with Gasteiger partial charge in [0, 0.05) is 32.7 Å². The van der Waals surface area contributed by atoms with Gasteiger partial charge in [0.1, 0.15) is 6.61 Å². The Morgan fingerprint density at radius 1 is 1.61 bits per heavy atom. The number of carbonyl (C=O) groups is 1. The molecule has 1 unspecified atom stereocenters. The minimum atomic E-state index is -0.0197. The summed E-state index contributed by atoms with van der Waals surface area (Å²) in [6.45, 7) is 3.61. The Morgan fingerprint density at radius 2 is 2.44 bits per heavy atom. The molecule has 1 atom stereocenters. The third kappa shape index (κ3) is 5.39. The Kier molecular flexibility index (Phi) is 7.23. The van der Waals surface area contributed by atoms with Crippen LogP contribution in [0.1, 0.15) is 12.8 Å². The zero-order valence-corrected chi connectivity index (χ0v) is 11.0. The highest BCUT2D eigenvalue weighted by Gasteiger charge is 2.23. The second kappa shape index (κ2) is 8.78. The first kappa shape index (κ1) is 14.8. The second-order valence-electron chi connectivity index (χ2n) is 4.40. The molecule has 2 amide bonds. The minimum Gasteiger partial charge on any atom is -0.383 e. The number of likely N-dealkylation sites (tertiary alicyclic amines) is 1. The van der Waals surface area contributed by atoms with E-state index in [-0.39, 0.29) is 6.03 Å². The Morgan fingerprint density at radius 3 is 3.17 bits per heavy atom. The van der Waals surface area contributed by atoms with Crippen molar-refractivity contribution in [3.05, 3.63) is 0 Å². The first-order valence-electron chi connectivity index (χ1n) is 6.30. The molecular formula is C13H22N2O3. The van der Waals surface area contributed by atoms with Crippen LogP contribution in [0.25, 0.3) is 0 Å². The molecule has 102 valence electrons. The number of rotatable bonds is 6. The summed E-state index contributed by atoms with van der Waals surface area (Å²) in [7, 11) is 1.62. The molecule has 0 spiro atoms. The number of piperidine rings is 1. The van der Waals surface area contributed by atoms with E-state index < -0.39 is 0 Å². The van der Waals surface area contributed by atoms with Crippen LogP contribution in [0, 0.1) is 18.3 Å². The normalized spacial score (nSPS) is 19.3. The van der Waals surface area contributed by atoms with Crippen LogP contribution in [0.2, 0.25) is 0 Å². The molecule has 0 aromatic carbocycles. The lowest BCUT2D eigenvalue weighted by atomic mass is 9.99. The summed E-state index contributed by atoms with van der Waals surface area (Å²) in [5.41, 5.74) is 0. The first-order chi connectivity index (χ1) is 8.77. The number of methoxy groups -OCH3 is 1. The van der Waals surface area contributed by atoms with Crippen molar-refractivity contribution in [2.24, 2.45) is 5.92 Å². The van der Waals surface area contributed by atoms with Gasteiger partial charge in [0.25, 0.3) is 0 Å². The number of hydrogen-bond donors (Lipinski definition) is 1. The minimum absolute atomic E-state index is 0.0197. The summed E-state index contributed by atoms with van der Waals surface area (Å²) in [6.07, 6.45) is 7.23. The Labute approximate surface area is 109 Å². The zero-order valence-electron chi connectivity index (χ0n) is 11.0. The molecule has 0 radical (unpaired) electrons. The average Bonchev–Trinajstić information content (AvgIpc) is 2.39. The Bertz CT molecular complexity index is 288. The molecule has 0 saturated carbocycles. The SMILES string of the molecule is C#CCOCC1CCCN(C(=O)NCCOC)C1. The summed E-state index contributed by atoms with van der Waals surface area (Å²) < 4.78 is 10.2. The summed E-state index contributed by atoms with van der Waals surface area (Å²) in [6, 6.07) is -0.0197. The van der Waals surface area contributed by atoms with Crippen LogP contribution in [0.3, 0.4) is 0 Å². The lowest BCUT2D eigenvalue weighted by molar-refractivity contribution is 0.0852. The molecule has 1 rings (SSSR count). The van der Waals surface area contributed by atoms with Crippen molar-refractivity contribution in [1.82, 2.24) is 10.2 Å². The number of hydrogen-bond acceptors (Lipinski definition) is 3. The molecule has 5 heteroatoms. The highest BCUT2D eigenvalue weighted by atomic mass is 16.5. The van der Waals surface area contributed by atoms with Gasteiger partial charge in [-0.2, -0.15) is 0 Å². The van der Waals surface area contributed by atoms with Crippen LogP contribution < -0.4 is 5.32 Å². The molecule has 1 heterocycles. The van der Waals surface area contributed by atoms with Crippen LogP contribution in [0.4, 0.5) is 4.79 Å². The summed E-state index contributed by atoms with van der Waals surface area (Å²) >= 11 is 0. The van der Waals surface area contributed by atoms with E-state index in [9.17, 15) is 4.79 Å². The molecule has 0 aromatic rings. The van der Waals surface area contributed by atoms with Crippen molar-refractivity contribution in [1.29, 1.82) is 0 Å². The molecule has 0 aromatic heterocycles. The van der Waals surface area contributed by atoms with E-state index >= 15 is 0 Å². The van der Waals surface area contributed by atoms with E-state index in [1.807, 2.05) is 4.90 Å². The van der Waals surface area contributed by atoms with Gasteiger partial charge < -0.3 is 19.7 Å². The van der Waals surface area contributed by atoms with Crippen molar-refractivity contribution in [3.8, 4) is 12.3 Å². The molecule has 1 aliphatic heterocycles. The predicted octanol–water partition coefficient (Wildman–Crippen LogP) is 0.704. The van der Waals surface area contributed by atoms with Gasteiger partial charge in [0.15, 0.2) is 0 Å². The fourth-order valence-electron chi connectivity index (χ4n) is 2.04. The molecular weight excluding hydrogens is 232 g/mol. The first-order valence-corrected chi connectivity index (χ1v) is 6.30. The van der Waals surface area contributed by atoms with Crippen molar-refractivity contribution < 1.29 is 14.3 Å². The van der Waals surface area contributed by atoms with Crippen LogP contribution >= 0.6 is 0 Å². The van der Waals surface area contributed by atoms with E-state index in [4.69, 9.17) is 15.9 Å². The summed E-state index contributed by atoms with van der Waals surface area (Å²) in [5, 5.41) is 2.83. The van der Waals surface area contributed by atoms with E-state index in [1.165, 1.54) is 0 Å². The zero-order chi connectivity index (χ0) is 13.2. The van der Waals surface area contributed by atoms with E-state index in [0.29, 0.717) is 32.3 Å². The van der Waals surface area contributed by atoms with Gasteiger partial charge in [-0.25, -0.2) is 4.79 Å². The fourth-order valence-corrected chi connectivity index (χ4v) is 2.04. The largest absolute Gasteiger partial charge is 0.383 e. The number of nitrogens with zero attached hydrogens (tertiary/aromatic N) is 1. The number of nitrogens with one attached hydrogen (secondary N) is 1. The van der Waals surface area contributed by atoms with Crippen LogP contribution in [-0.2, 0) is 9.47 Å². The van der Waals surface area contributed by atoms with Crippen LogP contribution in [-0.4, -0.2) is 57.5 Å². The maximum Gasteiger partial charge on any atom is 0.317 e. The molecule has 18 heavy (non-hydrogen) atoms. The van der Waals surface area contributed by atoms with Gasteiger partial charge in [-0.05, 0) is 12.8 Å². The van der Waals surface area contributed by atoms with Gasteiger partial charge in [0.2, 0.25) is 0 Å². The van der Waals surface area contributed by atoms with Crippen molar-refractivity contribution in [2.45, 2.75) is 12.8 Å². The van der Waals surface area contributed by atoms with Crippen molar-refractivity contribution in [2.75, 3.05) is 46.6 Å². The van der Waals surface area contributed by atoms with Crippen LogP contribution in [0.15, 0.2) is 0 Å². The number of carbonyl (C=O) groups excluding carboxylic acids is 1. The standard InChI is InChI=1S/C13H22N2O3/c1-3-8-18-11-12-5-4-7-15(10-12)13(16)14-6-9-17-2/h1,12H,4-11H2,2H3,(H,14,16). The number of urea groups is 1. The monoisotopic (exact) mass is 254 g/mol. The molecule has 5 nitrogen and oxygen atoms in total. The van der Waals surface area contributed by atoms with Gasteiger partial charge in [-0.1, -0.05) is 5.92 Å². The second-order valence-corrected chi connectivity index (χ2v) is 4.40.